The summed E-state index contributed by atoms with van der Waals surface area (Å²) in [7, 11) is 0. The quantitative estimate of drug-likeness (QED) is 0.827. The summed E-state index contributed by atoms with van der Waals surface area (Å²) in [5.74, 6) is -1.12. The maximum absolute atomic E-state index is 12.0. The molecule has 1 aliphatic carbocycles. The van der Waals surface area contributed by atoms with Crippen molar-refractivity contribution >= 4 is 28.4 Å². The number of nitrogens with zero attached hydrogens (tertiary/aromatic N) is 2. The first-order valence-corrected chi connectivity index (χ1v) is 7.20. The molecule has 0 radical (unpaired) electrons. The number of nitrogens with one attached hydrogen (secondary N) is 1. The van der Waals surface area contributed by atoms with Crippen LogP contribution in [0.15, 0.2) is 6.20 Å². The molecule has 1 amide bonds. The fourth-order valence-electron chi connectivity index (χ4n) is 2.58. The molecule has 1 aromatic rings. The largest absolute Gasteiger partial charge is 0.481 e. The molecule has 2 rings (SSSR count). The van der Waals surface area contributed by atoms with Gasteiger partial charge in [-0.05, 0) is 12.8 Å². The normalized spacial score (nSPS) is 18.5. The molecular weight excluding hydrogens is 266 g/mol. The molecule has 0 aliphatic heterocycles. The predicted octanol–water partition coefficient (Wildman–Crippen LogP) is 2.29. The second-order valence-electron chi connectivity index (χ2n) is 5.01. The minimum absolute atomic E-state index is 0.0280. The Labute approximate surface area is 115 Å². The van der Waals surface area contributed by atoms with Crippen molar-refractivity contribution in [3.63, 3.8) is 0 Å². The molecule has 1 saturated carbocycles. The van der Waals surface area contributed by atoms with Gasteiger partial charge in [-0.3, -0.25) is 9.59 Å². The molecule has 1 fully saturated rings. The van der Waals surface area contributed by atoms with Gasteiger partial charge < -0.3 is 10.4 Å². The Hall–Kier alpha value is -1.50. The van der Waals surface area contributed by atoms with E-state index in [4.69, 9.17) is 0 Å². The third-order valence-corrected chi connectivity index (χ3v) is 4.22. The van der Waals surface area contributed by atoms with E-state index in [1.54, 1.807) is 0 Å². The van der Waals surface area contributed by atoms with Crippen LogP contribution in [0.1, 0.15) is 44.9 Å². The lowest BCUT2D eigenvalue weighted by molar-refractivity contribution is -0.152. The summed E-state index contributed by atoms with van der Waals surface area (Å²) in [6.45, 7) is 0. The number of carboxylic acids is 1. The highest BCUT2D eigenvalue weighted by molar-refractivity contribution is 7.10. The van der Waals surface area contributed by atoms with Gasteiger partial charge in [0.25, 0.3) is 0 Å². The average Bonchev–Trinajstić information content (AvgIpc) is 2.73. The molecular formula is C12H17N3O3S. The van der Waals surface area contributed by atoms with Gasteiger partial charge in [-0.2, -0.15) is 0 Å². The van der Waals surface area contributed by atoms with Crippen LogP contribution in [0.25, 0.3) is 0 Å². The fraction of sp³-hybridized carbons (Fsp3) is 0.667. The Morgan fingerprint density at radius 2 is 2.00 bits per heavy atom. The Kier molecular flexibility index (Phi) is 4.47. The maximum Gasteiger partial charge on any atom is 0.310 e. The highest BCUT2D eigenvalue weighted by Crippen LogP contribution is 2.38. The third-order valence-electron chi connectivity index (χ3n) is 3.64. The van der Waals surface area contributed by atoms with Gasteiger partial charge in [-0.1, -0.05) is 30.2 Å². The molecule has 0 saturated heterocycles. The Bertz CT molecular complexity index is 439. The van der Waals surface area contributed by atoms with E-state index in [1.165, 1.54) is 6.20 Å². The lowest BCUT2D eigenvalue weighted by Gasteiger charge is -2.27. The second kappa shape index (κ2) is 6.10. The summed E-state index contributed by atoms with van der Waals surface area (Å²) in [5, 5.41) is 16.3. The zero-order chi connectivity index (χ0) is 13.7. The van der Waals surface area contributed by atoms with Crippen molar-refractivity contribution in [2.75, 3.05) is 5.32 Å². The molecule has 0 unspecified atom stereocenters. The van der Waals surface area contributed by atoms with Crippen LogP contribution in [-0.4, -0.2) is 26.6 Å². The van der Waals surface area contributed by atoms with Crippen molar-refractivity contribution in [3.05, 3.63) is 6.20 Å². The summed E-state index contributed by atoms with van der Waals surface area (Å²) in [5.41, 5.74) is -0.904. The molecule has 104 valence electrons. The lowest BCUT2D eigenvalue weighted by atomic mass is 9.77. The van der Waals surface area contributed by atoms with Crippen molar-refractivity contribution in [3.8, 4) is 0 Å². The number of amides is 1. The summed E-state index contributed by atoms with van der Waals surface area (Å²) in [4.78, 5) is 23.5. The van der Waals surface area contributed by atoms with E-state index in [0.29, 0.717) is 17.8 Å². The minimum atomic E-state index is -0.904. The van der Waals surface area contributed by atoms with Crippen LogP contribution < -0.4 is 5.32 Å². The number of anilines is 1. The number of aromatic nitrogens is 2. The van der Waals surface area contributed by atoms with Gasteiger partial charge in [0.1, 0.15) is 5.00 Å². The van der Waals surface area contributed by atoms with Gasteiger partial charge in [0.15, 0.2) is 0 Å². The maximum atomic E-state index is 12.0. The van der Waals surface area contributed by atoms with Gasteiger partial charge in [-0.15, -0.1) is 5.10 Å². The molecule has 1 aromatic heterocycles. The van der Waals surface area contributed by atoms with Crippen LogP contribution in [0.2, 0.25) is 0 Å². The standard InChI is InChI=1S/C12H17N3O3S/c16-9(14-10-8-13-15-19-10)7-12(11(17)18)5-3-1-2-4-6-12/h8H,1-7H2,(H,14,16)(H,17,18). The highest BCUT2D eigenvalue weighted by Gasteiger charge is 2.40. The number of carbonyl (C=O) groups is 2. The van der Waals surface area contributed by atoms with Crippen molar-refractivity contribution in [1.29, 1.82) is 0 Å². The van der Waals surface area contributed by atoms with E-state index in [-0.39, 0.29) is 12.3 Å². The number of hydrogen-bond donors (Lipinski definition) is 2. The first kappa shape index (κ1) is 13.9. The topological polar surface area (TPSA) is 92.2 Å². The van der Waals surface area contributed by atoms with Crippen LogP contribution in [0, 0.1) is 5.41 Å². The van der Waals surface area contributed by atoms with Crippen LogP contribution in [0.4, 0.5) is 5.00 Å². The first-order chi connectivity index (χ1) is 9.12. The van der Waals surface area contributed by atoms with Crippen LogP contribution in [0.3, 0.4) is 0 Å². The molecule has 0 aromatic carbocycles. The molecule has 0 spiro atoms. The van der Waals surface area contributed by atoms with E-state index in [1.807, 2.05) is 0 Å². The summed E-state index contributed by atoms with van der Waals surface area (Å²) >= 11 is 1.08. The summed E-state index contributed by atoms with van der Waals surface area (Å²) in [6, 6.07) is 0. The first-order valence-electron chi connectivity index (χ1n) is 6.43. The highest BCUT2D eigenvalue weighted by atomic mass is 32.1. The Balaban J connectivity index is 2.03. The van der Waals surface area contributed by atoms with Gasteiger partial charge in [0.2, 0.25) is 5.91 Å². The van der Waals surface area contributed by atoms with Crippen LogP contribution >= 0.6 is 11.5 Å². The Morgan fingerprint density at radius 3 is 2.53 bits per heavy atom. The molecule has 0 atom stereocenters. The molecule has 19 heavy (non-hydrogen) atoms. The number of carbonyl (C=O) groups excluding carboxylic acids is 1. The summed E-state index contributed by atoms with van der Waals surface area (Å²) < 4.78 is 3.65. The minimum Gasteiger partial charge on any atom is -0.481 e. The monoisotopic (exact) mass is 283 g/mol. The van der Waals surface area contributed by atoms with Crippen LogP contribution in [-0.2, 0) is 9.59 Å². The molecule has 7 heteroatoms. The predicted molar refractivity (Wildman–Crippen MR) is 70.9 cm³/mol. The lowest BCUT2D eigenvalue weighted by Crippen LogP contribution is -2.35. The second-order valence-corrected chi connectivity index (χ2v) is 5.79. The molecule has 1 heterocycles. The van der Waals surface area contributed by atoms with E-state index >= 15 is 0 Å². The SMILES string of the molecule is O=C(CC1(C(=O)O)CCCCCC1)Nc1cnns1. The van der Waals surface area contributed by atoms with E-state index < -0.39 is 11.4 Å². The van der Waals surface area contributed by atoms with Gasteiger partial charge in [0, 0.05) is 18.0 Å². The zero-order valence-electron chi connectivity index (χ0n) is 10.6. The van der Waals surface area contributed by atoms with Crippen molar-refractivity contribution in [2.24, 2.45) is 5.41 Å². The van der Waals surface area contributed by atoms with E-state index in [9.17, 15) is 14.7 Å². The van der Waals surface area contributed by atoms with E-state index in [0.717, 1.165) is 37.2 Å². The fourth-order valence-corrected chi connectivity index (χ4v) is 3.02. The van der Waals surface area contributed by atoms with Crippen molar-refractivity contribution < 1.29 is 14.7 Å². The number of aliphatic carboxylic acids is 1. The molecule has 2 N–H and O–H groups in total. The number of carboxylic acid groups (broad SMARTS) is 1. The Morgan fingerprint density at radius 1 is 1.32 bits per heavy atom. The zero-order valence-corrected chi connectivity index (χ0v) is 11.4. The van der Waals surface area contributed by atoms with Gasteiger partial charge in [0.05, 0.1) is 11.6 Å². The third kappa shape index (κ3) is 3.50. The average molecular weight is 283 g/mol. The molecule has 0 bridgehead atoms. The number of rotatable bonds is 4. The van der Waals surface area contributed by atoms with Crippen molar-refractivity contribution in [1.82, 2.24) is 9.59 Å². The summed E-state index contributed by atoms with van der Waals surface area (Å²) in [6.07, 6.45) is 6.50. The van der Waals surface area contributed by atoms with Gasteiger partial charge >= 0.3 is 5.97 Å². The van der Waals surface area contributed by atoms with Crippen molar-refractivity contribution in [2.45, 2.75) is 44.9 Å². The van der Waals surface area contributed by atoms with Gasteiger partial charge in [-0.25, -0.2) is 0 Å². The van der Waals surface area contributed by atoms with E-state index in [2.05, 4.69) is 14.9 Å². The number of hydrogen-bond acceptors (Lipinski definition) is 5. The molecule has 1 aliphatic rings. The molecule has 6 nitrogen and oxygen atoms in total. The van der Waals surface area contributed by atoms with Crippen LogP contribution in [0.5, 0.6) is 0 Å². The smallest absolute Gasteiger partial charge is 0.310 e.